The number of aliphatic hydroxyl groups excluding tert-OH is 1. The molecule has 0 aromatic heterocycles. The first-order valence-corrected chi connectivity index (χ1v) is 6.97. The number of para-hydroxylation sites is 1. The zero-order chi connectivity index (χ0) is 15.1. The van der Waals surface area contributed by atoms with E-state index in [1.54, 1.807) is 24.3 Å². The minimum Gasteiger partial charge on any atom is -0.457 e. The van der Waals surface area contributed by atoms with Gasteiger partial charge in [-0.3, -0.25) is 4.79 Å². The largest absolute Gasteiger partial charge is 0.457 e. The molecule has 0 saturated carbocycles. The van der Waals surface area contributed by atoms with Gasteiger partial charge in [0.15, 0.2) is 0 Å². The highest BCUT2D eigenvalue weighted by Gasteiger charge is 2.12. The lowest BCUT2D eigenvalue weighted by molar-refractivity contribution is 0.0914. The lowest BCUT2D eigenvalue weighted by Crippen LogP contribution is -2.36. The van der Waals surface area contributed by atoms with Crippen molar-refractivity contribution >= 4 is 5.91 Å². The third-order valence-electron chi connectivity index (χ3n) is 3.12. The minimum atomic E-state index is -0.226. The molecule has 1 atom stereocenters. The number of hydrogen-bond acceptors (Lipinski definition) is 3. The van der Waals surface area contributed by atoms with Crippen LogP contribution in [0, 0.1) is 0 Å². The summed E-state index contributed by atoms with van der Waals surface area (Å²) >= 11 is 0. The highest BCUT2D eigenvalue weighted by atomic mass is 16.5. The van der Waals surface area contributed by atoms with Gasteiger partial charge in [0.2, 0.25) is 0 Å². The molecular weight excluding hydrogens is 266 g/mol. The van der Waals surface area contributed by atoms with Crippen LogP contribution in [0.25, 0.3) is 0 Å². The van der Waals surface area contributed by atoms with E-state index in [1.807, 2.05) is 37.3 Å². The van der Waals surface area contributed by atoms with E-state index in [-0.39, 0.29) is 18.6 Å². The first kappa shape index (κ1) is 15.1. The predicted molar refractivity (Wildman–Crippen MR) is 81.6 cm³/mol. The third-order valence-corrected chi connectivity index (χ3v) is 3.12. The van der Waals surface area contributed by atoms with Crippen LogP contribution in [-0.4, -0.2) is 23.7 Å². The van der Waals surface area contributed by atoms with E-state index in [4.69, 9.17) is 9.84 Å². The molecule has 21 heavy (non-hydrogen) atoms. The van der Waals surface area contributed by atoms with E-state index >= 15 is 0 Å². The van der Waals surface area contributed by atoms with E-state index in [1.165, 1.54) is 0 Å². The fraction of sp³-hybridized carbons (Fsp3) is 0.235. The number of nitrogens with one attached hydrogen (secondary N) is 1. The number of benzene rings is 2. The molecule has 4 heteroatoms. The second-order valence-electron chi connectivity index (χ2n) is 4.70. The minimum absolute atomic E-state index is 0.0670. The second-order valence-corrected chi connectivity index (χ2v) is 4.70. The molecule has 0 aliphatic heterocycles. The summed E-state index contributed by atoms with van der Waals surface area (Å²) in [6.07, 6.45) is 0.683. The Bertz CT molecular complexity index is 580. The Hall–Kier alpha value is -2.33. The Morgan fingerprint density at radius 1 is 1.14 bits per heavy atom. The molecule has 0 saturated heterocycles. The highest BCUT2D eigenvalue weighted by Crippen LogP contribution is 2.21. The third kappa shape index (κ3) is 4.33. The van der Waals surface area contributed by atoms with Gasteiger partial charge in [0.05, 0.1) is 12.6 Å². The standard InChI is InChI=1S/C17H19NO3/c1-2-14(12-19)18-17(20)13-7-6-10-16(11-13)21-15-8-4-3-5-9-15/h3-11,14,19H,2,12H2,1H3,(H,18,20)/t14-/m0/s1. The second kappa shape index (κ2) is 7.45. The lowest BCUT2D eigenvalue weighted by Gasteiger charge is -2.14. The molecule has 2 N–H and O–H groups in total. The highest BCUT2D eigenvalue weighted by molar-refractivity contribution is 5.94. The Balaban J connectivity index is 2.08. The molecule has 0 heterocycles. The van der Waals surface area contributed by atoms with Crippen molar-refractivity contribution < 1.29 is 14.6 Å². The zero-order valence-electron chi connectivity index (χ0n) is 12.0. The monoisotopic (exact) mass is 285 g/mol. The van der Waals surface area contributed by atoms with Gasteiger partial charge in [0, 0.05) is 5.56 Å². The van der Waals surface area contributed by atoms with Gasteiger partial charge in [0.25, 0.3) is 5.91 Å². The van der Waals surface area contributed by atoms with E-state index in [2.05, 4.69) is 5.32 Å². The summed E-state index contributed by atoms with van der Waals surface area (Å²) in [7, 11) is 0. The molecule has 0 aliphatic carbocycles. The van der Waals surface area contributed by atoms with E-state index in [9.17, 15) is 4.79 Å². The Kier molecular flexibility index (Phi) is 5.35. The molecule has 2 aromatic rings. The maximum Gasteiger partial charge on any atom is 0.251 e. The Morgan fingerprint density at radius 3 is 2.52 bits per heavy atom. The van der Waals surface area contributed by atoms with Crippen LogP contribution in [-0.2, 0) is 0 Å². The maximum atomic E-state index is 12.1. The van der Waals surface area contributed by atoms with Gasteiger partial charge in [-0.05, 0) is 36.8 Å². The average Bonchev–Trinajstić information content (AvgIpc) is 2.53. The lowest BCUT2D eigenvalue weighted by atomic mass is 10.1. The summed E-state index contributed by atoms with van der Waals surface area (Å²) in [5.74, 6) is 1.11. The van der Waals surface area contributed by atoms with Crippen LogP contribution in [0.4, 0.5) is 0 Å². The van der Waals surface area contributed by atoms with Gasteiger partial charge in [-0.15, -0.1) is 0 Å². The number of ether oxygens (including phenoxy) is 1. The molecule has 2 rings (SSSR count). The van der Waals surface area contributed by atoms with Gasteiger partial charge in [0.1, 0.15) is 11.5 Å². The molecule has 1 amide bonds. The molecule has 0 bridgehead atoms. The van der Waals surface area contributed by atoms with Crippen molar-refractivity contribution in [3.63, 3.8) is 0 Å². The number of amides is 1. The summed E-state index contributed by atoms with van der Waals surface area (Å²) in [4.78, 5) is 12.1. The maximum absolute atomic E-state index is 12.1. The van der Waals surface area contributed by atoms with Crippen molar-refractivity contribution in [2.45, 2.75) is 19.4 Å². The van der Waals surface area contributed by atoms with Gasteiger partial charge in [-0.2, -0.15) is 0 Å². The van der Waals surface area contributed by atoms with Crippen LogP contribution < -0.4 is 10.1 Å². The first-order valence-electron chi connectivity index (χ1n) is 6.97. The van der Waals surface area contributed by atoms with Crippen LogP contribution in [0.2, 0.25) is 0 Å². The summed E-state index contributed by atoms with van der Waals surface area (Å²) in [6.45, 7) is 1.85. The molecule has 2 aromatic carbocycles. The smallest absolute Gasteiger partial charge is 0.251 e. The Labute approximate surface area is 124 Å². The average molecular weight is 285 g/mol. The van der Waals surface area contributed by atoms with E-state index in [0.717, 1.165) is 5.75 Å². The van der Waals surface area contributed by atoms with Crippen LogP contribution in [0.1, 0.15) is 23.7 Å². The molecule has 0 spiro atoms. The van der Waals surface area contributed by atoms with E-state index in [0.29, 0.717) is 17.7 Å². The molecule has 0 radical (unpaired) electrons. The number of aliphatic hydroxyl groups is 1. The number of hydrogen-bond donors (Lipinski definition) is 2. The topological polar surface area (TPSA) is 58.6 Å². The Morgan fingerprint density at radius 2 is 1.86 bits per heavy atom. The van der Waals surface area contributed by atoms with Crippen LogP contribution in [0.15, 0.2) is 54.6 Å². The van der Waals surface area contributed by atoms with Crippen LogP contribution in [0.3, 0.4) is 0 Å². The molecule has 0 unspecified atom stereocenters. The number of carbonyl (C=O) groups is 1. The first-order chi connectivity index (χ1) is 10.2. The molecular formula is C17H19NO3. The fourth-order valence-electron chi connectivity index (χ4n) is 1.87. The van der Waals surface area contributed by atoms with Gasteiger partial charge >= 0.3 is 0 Å². The van der Waals surface area contributed by atoms with Gasteiger partial charge in [-0.25, -0.2) is 0 Å². The predicted octanol–water partition coefficient (Wildman–Crippen LogP) is 2.98. The zero-order valence-corrected chi connectivity index (χ0v) is 12.0. The van der Waals surface area contributed by atoms with Crippen molar-refractivity contribution in [1.82, 2.24) is 5.32 Å². The molecule has 0 aliphatic rings. The fourth-order valence-corrected chi connectivity index (χ4v) is 1.87. The number of rotatable bonds is 6. The summed E-state index contributed by atoms with van der Waals surface area (Å²) in [6, 6.07) is 16.1. The van der Waals surface area contributed by atoms with Crippen molar-refractivity contribution in [2.24, 2.45) is 0 Å². The molecule has 4 nitrogen and oxygen atoms in total. The normalized spacial score (nSPS) is 11.7. The molecule has 0 fully saturated rings. The van der Waals surface area contributed by atoms with Crippen molar-refractivity contribution in [1.29, 1.82) is 0 Å². The van der Waals surface area contributed by atoms with Gasteiger partial charge < -0.3 is 15.2 Å². The quantitative estimate of drug-likeness (QED) is 0.858. The van der Waals surface area contributed by atoms with Crippen LogP contribution in [0.5, 0.6) is 11.5 Å². The van der Waals surface area contributed by atoms with Crippen molar-refractivity contribution in [2.75, 3.05) is 6.61 Å². The van der Waals surface area contributed by atoms with Gasteiger partial charge in [-0.1, -0.05) is 31.2 Å². The summed E-state index contributed by atoms with van der Waals surface area (Å²) < 4.78 is 5.70. The van der Waals surface area contributed by atoms with E-state index < -0.39 is 0 Å². The van der Waals surface area contributed by atoms with Crippen LogP contribution >= 0.6 is 0 Å². The van der Waals surface area contributed by atoms with Crippen molar-refractivity contribution in [3.8, 4) is 11.5 Å². The number of carbonyl (C=O) groups excluding carboxylic acids is 1. The van der Waals surface area contributed by atoms with Crippen molar-refractivity contribution in [3.05, 3.63) is 60.2 Å². The molecule has 110 valence electrons. The summed E-state index contributed by atoms with van der Waals surface area (Å²) in [5.41, 5.74) is 0.510. The summed E-state index contributed by atoms with van der Waals surface area (Å²) in [5, 5.41) is 11.9. The SMILES string of the molecule is CC[C@@H](CO)NC(=O)c1cccc(Oc2ccccc2)c1.